The summed E-state index contributed by atoms with van der Waals surface area (Å²) in [6, 6.07) is 7.60. The van der Waals surface area contributed by atoms with Gasteiger partial charge in [0, 0.05) is 17.0 Å². The predicted molar refractivity (Wildman–Crippen MR) is 93.9 cm³/mol. The molecule has 24 heavy (non-hydrogen) atoms. The first-order valence-electron chi connectivity index (χ1n) is 7.45. The molecule has 0 unspecified atom stereocenters. The van der Waals surface area contributed by atoms with E-state index in [1.165, 1.54) is 35.6 Å². The summed E-state index contributed by atoms with van der Waals surface area (Å²) >= 11 is 1.34. The Bertz CT molecular complexity index is 765. The first-order chi connectivity index (χ1) is 11.4. The maximum absolute atomic E-state index is 12.4. The summed E-state index contributed by atoms with van der Waals surface area (Å²) in [5, 5.41) is 14.9. The summed E-state index contributed by atoms with van der Waals surface area (Å²) in [5.41, 5.74) is 1.02. The number of carboxylic acids is 1. The Balaban J connectivity index is 2.14. The van der Waals surface area contributed by atoms with Gasteiger partial charge < -0.3 is 15.7 Å². The fourth-order valence-corrected chi connectivity index (χ4v) is 3.01. The van der Waals surface area contributed by atoms with Gasteiger partial charge in [-0.2, -0.15) is 0 Å². The van der Waals surface area contributed by atoms with Crippen molar-refractivity contribution in [1.29, 1.82) is 0 Å². The molecule has 0 fully saturated rings. The number of amides is 2. The molecule has 0 aliphatic rings. The van der Waals surface area contributed by atoms with Gasteiger partial charge in [0.2, 0.25) is 5.91 Å². The number of benzene rings is 1. The highest BCUT2D eigenvalue weighted by Crippen LogP contribution is 2.28. The minimum Gasteiger partial charge on any atom is -0.478 e. The van der Waals surface area contributed by atoms with Crippen molar-refractivity contribution < 1.29 is 19.5 Å². The molecule has 1 heterocycles. The third kappa shape index (κ3) is 4.42. The normalized spacial score (nSPS) is 10.2. The Kier molecular flexibility index (Phi) is 5.70. The minimum absolute atomic E-state index is 0.126. The van der Waals surface area contributed by atoms with E-state index < -0.39 is 5.97 Å². The lowest BCUT2D eigenvalue weighted by Gasteiger charge is -2.07. The van der Waals surface area contributed by atoms with E-state index in [9.17, 15) is 14.4 Å². The van der Waals surface area contributed by atoms with Crippen LogP contribution in [0.5, 0.6) is 0 Å². The number of carbonyl (C=O) groups is 3. The summed E-state index contributed by atoms with van der Waals surface area (Å²) in [5.74, 6) is -1.50. The summed E-state index contributed by atoms with van der Waals surface area (Å²) in [4.78, 5) is 35.9. The highest BCUT2D eigenvalue weighted by atomic mass is 32.1. The van der Waals surface area contributed by atoms with Crippen LogP contribution in [-0.4, -0.2) is 22.9 Å². The van der Waals surface area contributed by atoms with Crippen molar-refractivity contribution in [2.75, 3.05) is 10.6 Å². The summed E-state index contributed by atoms with van der Waals surface area (Å²) < 4.78 is 0. The number of aryl methyl sites for hydroxylation is 1. The molecular weight excluding hydrogens is 328 g/mol. The molecule has 0 atom stereocenters. The van der Waals surface area contributed by atoms with Crippen molar-refractivity contribution in [1.82, 2.24) is 0 Å². The predicted octanol–water partition coefficient (Wildman–Crippen LogP) is 3.75. The van der Waals surface area contributed by atoms with Crippen LogP contribution >= 0.6 is 11.3 Å². The van der Waals surface area contributed by atoms with Crippen LogP contribution in [-0.2, 0) is 4.79 Å². The van der Waals surface area contributed by atoms with Gasteiger partial charge in [-0.1, -0.05) is 6.92 Å². The van der Waals surface area contributed by atoms with Crippen LogP contribution in [0.25, 0.3) is 0 Å². The number of carboxylic acid groups (broad SMARTS) is 1. The fourth-order valence-electron chi connectivity index (χ4n) is 2.09. The van der Waals surface area contributed by atoms with Gasteiger partial charge >= 0.3 is 5.97 Å². The van der Waals surface area contributed by atoms with Gasteiger partial charge in [0.15, 0.2) is 0 Å². The first-order valence-corrected chi connectivity index (χ1v) is 8.27. The summed E-state index contributed by atoms with van der Waals surface area (Å²) in [6.07, 6.45) is 1.13. The molecule has 2 rings (SSSR count). The molecule has 3 N–H and O–H groups in total. The number of hydrogen-bond donors (Lipinski definition) is 3. The molecule has 0 saturated carbocycles. The number of nitrogens with one attached hydrogen (secondary N) is 2. The number of carbonyl (C=O) groups excluding carboxylic acids is 2. The molecule has 0 bridgehead atoms. The standard InChI is InChI=1S/C17H18N2O4S/c1-3-4-14(20)19-16-13(9-10(2)24-16)15(21)18-12-7-5-11(6-8-12)17(22)23/h5-9H,3-4H2,1-2H3,(H,18,21)(H,19,20)(H,22,23). The third-order valence-electron chi connectivity index (χ3n) is 3.22. The summed E-state index contributed by atoms with van der Waals surface area (Å²) in [6.45, 7) is 3.77. The lowest BCUT2D eigenvalue weighted by atomic mass is 10.2. The van der Waals surface area contributed by atoms with Crippen LogP contribution in [0.3, 0.4) is 0 Å². The topological polar surface area (TPSA) is 95.5 Å². The van der Waals surface area contributed by atoms with Crippen LogP contribution in [0.15, 0.2) is 30.3 Å². The van der Waals surface area contributed by atoms with E-state index in [1.54, 1.807) is 6.07 Å². The lowest BCUT2D eigenvalue weighted by molar-refractivity contribution is -0.116. The fraction of sp³-hybridized carbons (Fsp3) is 0.235. The zero-order chi connectivity index (χ0) is 17.7. The molecule has 0 aliphatic heterocycles. The van der Waals surface area contributed by atoms with E-state index in [0.29, 0.717) is 22.7 Å². The molecule has 0 saturated heterocycles. The van der Waals surface area contributed by atoms with Crippen LogP contribution in [0.1, 0.15) is 45.4 Å². The van der Waals surface area contributed by atoms with E-state index in [1.807, 2.05) is 13.8 Å². The molecule has 6 nitrogen and oxygen atoms in total. The second-order valence-electron chi connectivity index (χ2n) is 5.23. The molecule has 2 amide bonds. The maximum atomic E-state index is 12.4. The van der Waals surface area contributed by atoms with Crippen LogP contribution in [0, 0.1) is 6.92 Å². The Morgan fingerprint density at radius 2 is 1.79 bits per heavy atom. The number of hydrogen-bond acceptors (Lipinski definition) is 4. The van der Waals surface area contributed by atoms with Crippen molar-refractivity contribution in [3.8, 4) is 0 Å². The van der Waals surface area contributed by atoms with E-state index in [0.717, 1.165) is 11.3 Å². The van der Waals surface area contributed by atoms with Gasteiger partial charge in [0.05, 0.1) is 11.1 Å². The zero-order valence-electron chi connectivity index (χ0n) is 13.4. The Morgan fingerprint density at radius 3 is 2.38 bits per heavy atom. The number of aromatic carboxylic acids is 1. The molecule has 7 heteroatoms. The van der Waals surface area contributed by atoms with Gasteiger partial charge in [0.1, 0.15) is 5.00 Å². The van der Waals surface area contributed by atoms with E-state index in [4.69, 9.17) is 5.11 Å². The second-order valence-corrected chi connectivity index (χ2v) is 6.49. The van der Waals surface area contributed by atoms with Crippen molar-refractivity contribution in [2.45, 2.75) is 26.7 Å². The average molecular weight is 346 g/mol. The third-order valence-corrected chi connectivity index (χ3v) is 4.19. The van der Waals surface area contributed by atoms with Crippen molar-refractivity contribution in [2.24, 2.45) is 0 Å². The number of rotatable bonds is 6. The smallest absolute Gasteiger partial charge is 0.335 e. The van der Waals surface area contributed by atoms with Crippen molar-refractivity contribution in [3.05, 3.63) is 46.3 Å². The zero-order valence-corrected chi connectivity index (χ0v) is 14.2. The molecule has 1 aromatic heterocycles. The van der Waals surface area contributed by atoms with Gasteiger partial charge in [-0.25, -0.2) is 4.79 Å². The molecule has 0 spiro atoms. The molecule has 126 valence electrons. The molecular formula is C17H18N2O4S. The Hall–Kier alpha value is -2.67. The minimum atomic E-state index is -1.03. The van der Waals surface area contributed by atoms with Crippen LogP contribution in [0.4, 0.5) is 10.7 Å². The van der Waals surface area contributed by atoms with Gasteiger partial charge in [-0.05, 0) is 43.7 Å². The maximum Gasteiger partial charge on any atom is 0.335 e. The Labute approximate surface area is 143 Å². The highest BCUT2D eigenvalue weighted by Gasteiger charge is 2.17. The first kappa shape index (κ1) is 17.7. The molecule has 0 radical (unpaired) electrons. The number of thiophene rings is 1. The quantitative estimate of drug-likeness (QED) is 0.742. The van der Waals surface area contributed by atoms with E-state index in [-0.39, 0.29) is 17.4 Å². The van der Waals surface area contributed by atoms with Crippen molar-refractivity contribution >= 4 is 39.8 Å². The highest BCUT2D eigenvalue weighted by molar-refractivity contribution is 7.16. The van der Waals surface area contributed by atoms with E-state index >= 15 is 0 Å². The molecule has 0 aliphatic carbocycles. The second kappa shape index (κ2) is 7.74. The largest absolute Gasteiger partial charge is 0.478 e. The average Bonchev–Trinajstić information content (AvgIpc) is 2.88. The Morgan fingerprint density at radius 1 is 1.12 bits per heavy atom. The monoisotopic (exact) mass is 346 g/mol. The molecule has 2 aromatic rings. The SMILES string of the molecule is CCCC(=O)Nc1sc(C)cc1C(=O)Nc1ccc(C(=O)O)cc1. The van der Waals surface area contributed by atoms with Gasteiger partial charge in [-0.3, -0.25) is 9.59 Å². The molecule has 1 aromatic carbocycles. The van der Waals surface area contributed by atoms with Crippen LogP contribution in [0.2, 0.25) is 0 Å². The van der Waals surface area contributed by atoms with Crippen LogP contribution < -0.4 is 10.6 Å². The summed E-state index contributed by atoms with van der Waals surface area (Å²) in [7, 11) is 0. The van der Waals surface area contributed by atoms with Gasteiger partial charge in [0.25, 0.3) is 5.91 Å². The number of anilines is 2. The van der Waals surface area contributed by atoms with Crippen molar-refractivity contribution in [3.63, 3.8) is 0 Å². The lowest BCUT2D eigenvalue weighted by Crippen LogP contribution is -2.16. The van der Waals surface area contributed by atoms with Gasteiger partial charge in [-0.15, -0.1) is 11.3 Å². The van der Waals surface area contributed by atoms with E-state index in [2.05, 4.69) is 10.6 Å².